The van der Waals surface area contributed by atoms with E-state index < -0.39 is 17.4 Å². The molecule has 1 saturated heterocycles. The van der Waals surface area contributed by atoms with Gasteiger partial charge in [0.2, 0.25) is 5.43 Å². The van der Waals surface area contributed by atoms with Gasteiger partial charge in [0.25, 0.3) is 0 Å². The molecule has 2 aliphatic carbocycles. The van der Waals surface area contributed by atoms with Crippen LogP contribution in [-0.4, -0.2) is 35.0 Å². The van der Waals surface area contributed by atoms with Gasteiger partial charge in [0.15, 0.2) is 5.75 Å². The van der Waals surface area contributed by atoms with Crippen LogP contribution in [0.5, 0.6) is 5.75 Å². The van der Waals surface area contributed by atoms with Gasteiger partial charge in [0.05, 0.1) is 27.8 Å². The van der Waals surface area contributed by atoms with Crippen LogP contribution in [0, 0.1) is 17.7 Å². The Bertz CT molecular complexity index is 1140. The molecule has 0 bridgehead atoms. The fourth-order valence-electron chi connectivity index (χ4n) is 4.78. The summed E-state index contributed by atoms with van der Waals surface area (Å²) in [6.45, 7) is 1.19. The summed E-state index contributed by atoms with van der Waals surface area (Å²) in [7, 11) is 0. The van der Waals surface area contributed by atoms with Crippen molar-refractivity contribution >= 4 is 34.3 Å². The quantitative estimate of drug-likeness (QED) is 0.567. The molecule has 3 N–H and O–H groups in total. The number of anilines is 1. The Morgan fingerprint density at radius 2 is 2.10 bits per heavy atom. The van der Waals surface area contributed by atoms with Gasteiger partial charge in [-0.2, -0.15) is 0 Å². The first-order valence-corrected chi connectivity index (χ1v) is 10.4. The molecular formula is C21H21ClFN3O4. The third-order valence-corrected chi connectivity index (χ3v) is 6.72. The van der Waals surface area contributed by atoms with Crippen molar-refractivity contribution in [2.75, 3.05) is 18.0 Å². The maximum Gasteiger partial charge on any atom is 0.511 e. The van der Waals surface area contributed by atoms with E-state index in [1.54, 1.807) is 4.57 Å². The van der Waals surface area contributed by atoms with Crippen LogP contribution in [0.2, 0.25) is 5.02 Å². The Labute approximate surface area is 176 Å². The average molecular weight is 434 g/mol. The van der Waals surface area contributed by atoms with Crippen LogP contribution in [0.25, 0.3) is 10.9 Å². The molecule has 3 aliphatic rings. The second-order valence-corrected chi connectivity index (χ2v) is 8.68. The van der Waals surface area contributed by atoms with Gasteiger partial charge in [-0.1, -0.05) is 23.8 Å². The Morgan fingerprint density at radius 1 is 1.33 bits per heavy atom. The zero-order chi connectivity index (χ0) is 21.2. The molecule has 1 saturated carbocycles. The Kier molecular flexibility index (Phi) is 4.52. The van der Waals surface area contributed by atoms with E-state index in [1.165, 1.54) is 6.20 Å². The number of carbonyl (C=O) groups is 1. The number of nitrogens with two attached hydrogens (primary N) is 1. The predicted octanol–water partition coefficient (Wildman–Crippen LogP) is 3.53. The summed E-state index contributed by atoms with van der Waals surface area (Å²) >= 11 is 6.72. The van der Waals surface area contributed by atoms with Crippen molar-refractivity contribution in [3.8, 4) is 5.75 Å². The highest BCUT2D eigenvalue weighted by atomic mass is 35.5. The summed E-state index contributed by atoms with van der Waals surface area (Å²) in [4.78, 5) is 25.7. The average Bonchev–Trinajstić information content (AvgIpc) is 3.43. The number of ether oxygens (including phenoxy) is 1. The number of fused-ring (bicyclic) bond motifs is 2. The van der Waals surface area contributed by atoms with Crippen LogP contribution in [0.15, 0.2) is 29.2 Å². The van der Waals surface area contributed by atoms with Gasteiger partial charge in [-0.25, -0.2) is 9.18 Å². The summed E-state index contributed by atoms with van der Waals surface area (Å²) < 4.78 is 21.6. The number of hydrogen-bond donors (Lipinski definition) is 2. The monoisotopic (exact) mass is 433 g/mol. The molecule has 2 aromatic rings. The number of aromatic nitrogens is 1. The SMILES string of the molecule is NC1CC=CC2CN(c3c(F)cc4c(=O)c(OC(=O)O)cn(C5CC5)c4c3Cl)CC12. The van der Waals surface area contributed by atoms with E-state index in [0.717, 1.165) is 25.3 Å². The predicted molar refractivity (Wildman–Crippen MR) is 111 cm³/mol. The fraction of sp³-hybridized carbons (Fsp3) is 0.429. The molecule has 0 amide bonds. The van der Waals surface area contributed by atoms with E-state index in [-0.39, 0.29) is 45.8 Å². The van der Waals surface area contributed by atoms with E-state index in [0.29, 0.717) is 18.6 Å². The number of pyridine rings is 1. The maximum atomic E-state index is 15.2. The normalized spacial score (nSPS) is 25.6. The van der Waals surface area contributed by atoms with Crippen LogP contribution < -0.4 is 20.8 Å². The maximum absolute atomic E-state index is 15.2. The Morgan fingerprint density at radius 3 is 2.77 bits per heavy atom. The van der Waals surface area contributed by atoms with Crippen molar-refractivity contribution in [2.45, 2.75) is 31.3 Å². The molecule has 0 radical (unpaired) electrons. The van der Waals surface area contributed by atoms with Gasteiger partial charge in [-0.3, -0.25) is 4.79 Å². The van der Waals surface area contributed by atoms with Crippen molar-refractivity contribution < 1.29 is 19.0 Å². The lowest BCUT2D eigenvalue weighted by atomic mass is 9.83. The largest absolute Gasteiger partial charge is 0.511 e. The minimum atomic E-state index is -1.60. The van der Waals surface area contributed by atoms with Crippen molar-refractivity contribution in [2.24, 2.45) is 17.6 Å². The first-order chi connectivity index (χ1) is 14.3. The molecule has 9 heteroatoms. The van der Waals surface area contributed by atoms with E-state index in [9.17, 15) is 9.59 Å². The van der Waals surface area contributed by atoms with Crippen molar-refractivity contribution in [1.29, 1.82) is 0 Å². The second kappa shape index (κ2) is 6.99. The van der Waals surface area contributed by atoms with Crippen molar-refractivity contribution in [1.82, 2.24) is 4.57 Å². The summed E-state index contributed by atoms with van der Waals surface area (Å²) in [5.74, 6) is -0.515. The zero-order valence-corrected chi connectivity index (χ0v) is 16.8. The molecule has 2 fully saturated rings. The van der Waals surface area contributed by atoms with Crippen LogP contribution in [-0.2, 0) is 0 Å². The highest BCUT2D eigenvalue weighted by molar-refractivity contribution is 6.38. The number of rotatable bonds is 3. The molecule has 30 heavy (non-hydrogen) atoms. The second-order valence-electron chi connectivity index (χ2n) is 8.31. The lowest BCUT2D eigenvalue weighted by Gasteiger charge is -2.25. The zero-order valence-electron chi connectivity index (χ0n) is 16.1. The molecule has 1 aliphatic heterocycles. The number of hydrogen-bond acceptors (Lipinski definition) is 5. The Balaban J connectivity index is 1.66. The summed E-state index contributed by atoms with van der Waals surface area (Å²) in [5.41, 5.74) is 6.24. The highest BCUT2D eigenvalue weighted by Gasteiger charge is 2.39. The molecular weight excluding hydrogens is 413 g/mol. The van der Waals surface area contributed by atoms with Gasteiger partial charge in [-0.15, -0.1) is 0 Å². The molecule has 1 aromatic carbocycles. The first kappa shape index (κ1) is 19.4. The van der Waals surface area contributed by atoms with Crippen molar-refractivity contribution in [3.05, 3.63) is 45.5 Å². The van der Waals surface area contributed by atoms with E-state index in [1.807, 2.05) is 4.90 Å². The smallest absolute Gasteiger partial charge is 0.449 e. The van der Waals surface area contributed by atoms with Gasteiger partial charge in [-0.05, 0) is 31.2 Å². The fourth-order valence-corrected chi connectivity index (χ4v) is 5.19. The van der Waals surface area contributed by atoms with Gasteiger partial charge in [0.1, 0.15) is 5.82 Å². The van der Waals surface area contributed by atoms with Gasteiger partial charge < -0.3 is 25.0 Å². The number of carboxylic acid groups (broad SMARTS) is 1. The van der Waals surface area contributed by atoms with E-state index >= 15 is 4.39 Å². The molecule has 7 nitrogen and oxygen atoms in total. The third kappa shape index (κ3) is 3.06. The third-order valence-electron chi connectivity index (χ3n) is 6.36. The van der Waals surface area contributed by atoms with E-state index in [2.05, 4.69) is 16.9 Å². The lowest BCUT2D eigenvalue weighted by molar-refractivity contribution is 0.143. The highest BCUT2D eigenvalue weighted by Crippen LogP contribution is 2.44. The molecule has 5 rings (SSSR count). The minimum absolute atomic E-state index is 0.0140. The number of benzene rings is 1. The topological polar surface area (TPSA) is 97.8 Å². The first-order valence-electron chi connectivity index (χ1n) is 10.00. The van der Waals surface area contributed by atoms with E-state index in [4.69, 9.17) is 22.4 Å². The molecule has 3 atom stereocenters. The molecule has 1 aromatic heterocycles. The summed E-state index contributed by atoms with van der Waals surface area (Å²) in [5, 5.41) is 9.11. The van der Waals surface area contributed by atoms with Crippen LogP contribution in [0.4, 0.5) is 14.9 Å². The number of nitrogens with zero attached hydrogens (tertiary/aromatic N) is 2. The molecule has 3 unspecified atom stereocenters. The molecule has 0 spiro atoms. The standard InChI is InChI=1S/C21H21ClFN3O4/c22-17-18-12(20(27)16(30-21(28)29)9-26(18)11-4-5-11)6-14(23)19(17)25-7-10-2-1-3-15(24)13(10)8-25/h1-2,6,9-11,13,15H,3-5,7-8,24H2,(H,28,29). The lowest BCUT2D eigenvalue weighted by Crippen LogP contribution is -2.36. The molecule has 158 valence electrons. The van der Waals surface area contributed by atoms with Crippen LogP contribution >= 0.6 is 11.6 Å². The van der Waals surface area contributed by atoms with Crippen LogP contribution in [0.1, 0.15) is 25.3 Å². The van der Waals surface area contributed by atoms with Gasteiger partial charge in [0, 0.05) is 31.1 Å². The summed E-state index contributed by atoms with van der Waals surface area (Å²) in [6, 6.07) is 1.23. The molecule has 2 heterocycles. The van der Waals surface area contributed by atoms with Gasteiger partial charge >= 0.3 is 6.16 Å². The Hall–Kier alpha value is -2.58. The minimum Gasteiger partial charge on any atom is -0.449 e. The van der Waals surface area contributed by atoms with Crippen molar-refractivity contribution in [3.63, 3.8) is 0 Å². The number of halogens is 2. The summed E-state index contributed by atoms with van der Waals surface area (Å²) in [6.07, 6.45) is 6.50. The van der Waals surface area contributed by atoms with Crippen LogP contribution in [0.3, 0.4) is 0 Å².